The predicted octanol–water partition coefficient (Wildman–Crippen LogP) is 4.27. The van der Waals surface area contributed by atoms with Crippen molar-refractivity contribution in [2.45, 2.75) is 43.5 Å². The summed E-state index contributed by atoms with van der Waals surface area (Å²) in [6.07, 6.45) is 4.51. The Labute approximate surface area is 128 Å². The highest BCUT2D eigenvalue weighted by Crippen LogP contribution is 2.25. The number of hydrogen-bond donors (Lipinski definition) is 1. The second-order valence-electron chi connectivity index (χ2n) is 5.39. The number of thioether (sulfide) groups is 1. The molecule has 2 rings (SSSR count). The number of amides is 1. The maximum absolute atomic E-state index is 13.0. The molecule has 2 nitrogen and oxygen atoms in total. The molecule has 1 N–H and O–H groups in total. The summed E-state index contributed by atoms with van der Waals surface area (Å²) in [6.45, 7) is 2.26. The van der Waals surface area contributed by atoms with Gasteiger partial charge in [-0.2, -0.15) is 0 Å². The standard InChI is InChI=1S/C15H19ClFNOS/c1-10-2-4-11(5-3-10)18-15(19)9-20-12-6-7-14(17)13(16)8-12/h6-8,10-11H,2-5,9H2,1H3,(H,18,19). The first kappa shape index (κ1) is 15.6. The first-order valence-electron chi connectivity index (χ1n) is 6.92. The van der Waals surface area contributed by atoms with Crippen LogP contribution in [0.4, 0.5) is 4.39 Å². The van der Waals surface area contributed by atoms with Gasteiger partial charge in [-0.15, -0.1) is 11.8 Å². The van der Waals surface area contributed by atoms with Crippen molar-refractivity contribution in [3.63, 3.8) is 0 Å². The Kier molecular flexibility index (Phi) is 5.73. The van der Waals surface area contributed by atoms with Gasteiger partial charge in [0.2, 0.25) is 5.91 Å². The number of nitrogens with one attached hydrogen (secondary N) is 1. The first-order chi connectivity index (χ1) is 9.54. The molecule has 20 heavy (non-hydrogen) atoms. The normalized spacial score (nSPS) is 22.6. The third kappa shape index (κ3) is 4.67. The van der Waals surface area contributed by atoms with Gasteiger partial charge in [0, 0.05) is 10.9 Å². The maximum Gasteiger partial charge on any atom is 0.230 e. The Hall–Kier alpha value is -0.740. The fourth-order valence-electron chi connectivity index (χ4n) is 2.39. The van der Waals surface area contributed by atoms with Gasteiger partial charge in [0.25, 0.3) is 0 Å². The molecule has 0 bridgehead atoms. The number of carbonyl (C=O) groups excluding carboxylic acids is 1. The summed E-state index contributed by atoms with van der Waals surface area (Å²) < 4.78 is 13.0. The fraction of sp³-hybridized carbons (Fsp3) is 0.533. The molecule has 0 atom stereocenters. The molecule has 1 aliphatic carbocycles. The summed E-state index contributed by atoms with van der Waals surface area (Å²) in [7, 11) is 0. The van der Waals surface area contributed by atoms with Gasteiger partial charge in [-0.25, -0.2) is 4.39 Å². The summed E-state index contributed by atoms with van der Waals surface area (Å²) in [4.78, 5) is 12.7. The van der Waals surface area contributed by atoms with E-state index in [1.54, 1.807) is 12.1 Å². The van der Waals surface area contributed by atoms with Crippen LogP contribution < -0.4 is 5.32 Å². The molecule has 0 unspecified atom stereocenters. The van der Waals surface area contributed by atoms with Gasteiger partial charge >= 0.3 is 0 Å². The topological polar surface area (TPSA) is 29.1 Å². The van der Waals surface area contributed by atoms with Gasteiger partial charge in [0.1, 0.15) is 5.82 Å². The quantitative estimate of drug-likeness (QED) is 0.841. The highest BCUT2D eigenvalue weighted by atomic mass is 35.5. The Bertz CT molecular complexity index is 475. The first-order valence-corrected chi connectivity index (χ1v) is 8.28. The van der Waals surface area contributed by atoms with E-state index in [0.717, 1.165) is 23.7 Å². The lowest BCUT2D eigenvalue weighted by Crippen LogP contribution is -2.38. The van der Waals surface area contributed by atoms with Crippen molar-refractivity contribution in [3.8, 4) is 0 Å². The van der Waals surface area contributed by atoms with E-state index in [2.05, 4.69) is 12.2 Å². The van der Waals surface area contributed by atoms with Crippen molar-refractivity contribution in [2.75, 3.05) is 5.75 Å². The van der Waals surface area contributed by atoms with Gasteiger partial charge in [0.15, 0.2) is 0 Å². The van der Waals surface area contributed by atoms with Gasteiger partial charge in [-0.3, -0.25) is 4.79 Å². The van der Waals surface area contributed by atoms with E-state index >= 15 is 0 Å². The van der Waals surface area contributed by atoms with E-state index in [0.29, 0.717) is 11.8 Å². The average molecular weight is 316 g/mol. The molecule has 0 radical (unpaired) electrons. The van der Waals surface area contributed by atoms with Crippen molar-refractivity contribution in [1.29, 1.82) is 0 Å². The Morgan fingerprint density at radius 1 is 1.40 bits per heavy atom. The number of rotatable bonds is 4. The van der Waals surface area contributed by atoms with E-state index in [9.17, 15) is 9.18 Å². The monoisotopic (exact) mass is 315 g/mol. The van der Waals surface area contributed by atoms with Crippen LogP contribution in [-0.4, -0.2) is 17.7 Å². The Morgan fingerprint density at radius 3 is 2.75 bits per heavy atom. The summed E-state index contributed by atoms with van der Waals surface area (Å²) >= 11 is 7.09. The molecule has 110 valence electrons. The van der Waals surface area contributed by atoms with E-state index in [1.807, 2.05) is 0 Å². The predicted molar refractivity (Wildman–Crippen MR) is 81.7 cm³/mol. The minimum Gasteiger partial charge on any atom is -0.353 e. The van der Waals surface area contributed by atoms with Crippen LogP contribution in [0.2, 0.25) is 5.02 Å². The van der Waals surface area contributed by atoms with Gasteiger partial charge in [0.05, 0.1) is 10.8 Å². The molecular formula is C15H19ClFNOS. The highest BCUT2D eigenvalue weighted by molar-refractivity contribution is 8.00. The summed E-state index contributed by atoms with van der Waals surface area (Å²) in [6, 6.07) is 4.83. The Morgan fingerprint density at radius 2 is 2.10 bits per heavy atom. The van der Waals surface area contributed by atoms with E-state index in [-0.39, 0.29) is 10.9 Å². The van der Waals surface area contributed by atoms with E-state index in [1.165, 1.54) is 30.7 Å². The van der Waals surface area contributed by atoms with Crippen LogP contribution in [0.3, 0.4) is 0 Å². The Balaban J connectivity index is 1.76. The molecule has 0 aromatic heterocycles. The highest BCUT2D eigenvalue weighted by Gasteiger charge is 2.19. The molecular weight excluding hydrogens is 297 g/mol. The lowest BCUT2D eigenvalue weighted by atomic mass is 9.87. The van der Waals surface area contributed by atoms with Crippen LogP contribution in [0, 0.1) is 11.7 Å². The van der Waals surface area contributed by atoms with Gasteiger partial charge in [-0.1, -0.05) is 18.5 Å². The molecule has 0 aliphatic heterocycles. The molecule has 1 fully saturated rings. The second kappa shape index (κ2) is 7.32. The summed E-state index contributed by atoms with van der Waals surface area (Å²) in [5, 5.41) is 3.16. The molecule has 1 aliphatic rings. The number of carbonyl (C=O) groups is 1. The summed E-state index contributed by atoms with van der Waals surface area (Å²) in [5.41, 5.74) is 0. The molecule has 1 aromatic rings. The van der Waals surface area contributed by atoms with Crippen molar-refractivity contribution in [1.82, 2.24) is 5.32 Å². The number of benzene rings is 1. The maximum atomic E-state index is 13.0. The van der Waals surface area contributed by atoms with Crippen molar-refractivity contribution < 1.29 is 9.18 Å². The van der Waals surface area contributed by atoms with Crippen molar-refractivity contribution in [3.05, 3.63) is 29.0 Å². The van der Waals surface area contributed by atoms with Crippen LogP contribution in [0.1, 0.15) is 32.6 Å². The van der Waals surface area contributed by atoms with Crippen molar-refractivity contribution in [2.24, 2.45) is 5.92 Å². The molecule has 5 heteroatoms. The minimum atomic E-state index is -0.434. The smallest absolute Gasteiger partial charge is 0.230 e. The van der Waals surface area contributed by atoms with Crippen LogP contribution in [0.15, 0.2) is 23.1 Å². The lowest BCUT2D eigenvalue weighted by molar-refractivity contribution is -0.119. The molecule has 1 aromatic carbocycles. The molecule has 1 saturated carbocycles. The largest absolute Gasteiger partial charge is 0.353 e. The third-order valence-electron chi connectivity index (χ3n) is 3.64. The number of hydrogen-bond acceptors (Lipinski definition) is 2. The zero-order valence-electron chi connectivity index (χ0n) is 11.5. The van der Waals surface area contributed by atoms with E-state index in [4.69, 9.17) is 11.6 Å². The SMILES string of the molecule is CC1CCC(NC(=O)CSc2ccc(F)c(Cl)c2)CC1. The van der Waals surface area contributed by atoms with Crippen LogP contribution in [-0.2, 0) is 4.79 Å². The van der Waals surface area contributed by atoms with E-state index < -0.39 is 5.82 Å². The molecule has 1 amide bonds. The lowest BCUT2D eigenvalue weighted by Gasteiger charge is -2.26. The van der Waals surface area contributed by atoms with Crippen LogP contribution >= 0.6 is 23.4 Å². The second-order valence-corrected chi connectivity index (χ2v) is 6.84. The third-order valence-corrected chi connectivity index (χ3v) is 4.93. The molecule has 0 heterocycles. The van der Waals surface area contributed by atoms with Gasteiger partial charge < -0.3 is 5.32 Å². The molecule has 0 saturated heterocycles. The van der Waals surface area contributed by atoms with Crippen LogP contribution in [0.25, 0.3) is 0 Å². The van der Waals surface area contributed by atoms with Crippen LogP contribution in [0.5, 0.6) is 0 Å². The average Bonchev–Trinajstić information content (AvgIpc) is 2.43. The van der Waals surface area contributed by atoms with Gasteiger partial charge in [-0.05, 0) is 49.8 Å². The zero-order chi connectivity index (χ0) is 14.5. The van der Waals surface area contributed by atoms with Crippen molar-refractivity contribution >= 4 is 29.3 Å². The number of halogens is 2. The minimum absolute atomic E-state index is 0.0370. The fourth-order valence-corrected chi connectivity index (χ4v) is 3.38. The molecule has 0 spiro atoms. The summed E-state index contributed by atoms with van der Waals surface area (Å²) in [5.74, 6) is 0.722. The zero-order valence-corrected chi connectivity index (χ0v) is 13.1.